The van der Waals surface area contributed by atoms with Gasteiger partial charge in [-0.05, 0) is 38.2 Å². The summed E-state index contributed by atoms with van der Waals surface area (Å²) in [6.07, 6.45) is 3.96. The minimum Gasteiger partial charge on any atom is -0.376 e. The third-order valence-electron chi connectivity index (χ3n) is 5.19. The molecule has 2 saturated heterocycles. The van der Waals surface area contributed by atoms with Crippen LogP contribution in [0.15, 0.2) is 30.3 Å². The molecule has 2 amide bonds. The van der Waals surface area contributed by atoms with E-state index in [1.54, 1.807) is 4.90 Å². The summed E-state index contributed by atoms with van der Waals surface area (Å²) in [4.78, 5) is 26.8. The molecule has 0 aromatic heterocycles. The molecule has 0 radical (unpaired) electrons. The molecule has 5 heteroatoms. The molecule has 2 aliphatic rings. The van der Waals surface area contributed by atoms with Gasteiger partial charge in [-0.15, -0.1) is 0 Å². The lowest BCUT2D eigenvalue weighted by molar-refractivity contribution is -0.140. The molecule has 0 saturated carbocycles. The highest BCUT2D eigenvalue weighted by atomic mass is 16.5. The first-order chi connectivity index (χ1) is 11.6. The van der Waals surface area contributed by atoms with E-state index in [-0.39, 0.29) is 17.9 Å². The highest BCUT2D eigenvalue weighted by Gasteiger charge is 2.46. The average molecular weight is 330 g/mol. The van der Waals surface area contributed by atoms with E-state index in [4.69, 9.17) is 4.74 Å². The first kappa shape index (κ1) is 17.0. The lowest BCUT2D eigenvalue weighted by Gasteiger charge is -2.34. The number of amides is 2. The lowest BCUT2D eigenvalue weighted by Crippen LogP contribution is -2.55. The van der Waals surface area contributed by atoms with Crippen LogP contribution in [-0.2, 0) is 20.7 Å². The van der Waals surface area contributed by atoms with Gasteiger partial charge in [-0.1, -0.05) is 30.3 Å². The number of ether oxygens (including phenoxy) is 1. The highest BCUT2D eigenvalue weighted by molar-refractivity contribution is 5.94. The molecule has 2 unspecified atom stereocenters. The Morgan fingerprint density at radius 2 is 2.17 bits per heavy atom. The van der Waals surface area contributed by atoms with E-state index in [1.165, 1.54) is 5.56 Å². The summed E-state index contributed by atoms with van der Waals surface area (Å²) >= 11 is 0. The summed E-state index contributed by atoms with van der Waals surface area (Å²) in [6, 6.07) is 10.1. The summed E-state index contributed by atoms with van der Waals surface area (Å²) in [5.41, 5.74) is 0.434. The van der Waals surface area contributed by atoms with Crippen LogP contribution in [0.25, 0.3) is 0 Å². The van der Waals surface area contributed by atoms with E-state index in [0.29, 0.717) is 25.9 Å². The molecule has 2 atom stereocenters. The van der Waals surface area contributed by atoms with Crippen molar-refractivity contribution in [2.24, 2.45) is 0 Å². The molecular weight excluding hydrogens is 304 g/mol. The summed E-state index contributed by atoms with van der Waals surface area (Å²) in [5, 5.41) is 3.00. The van der Waals surface area contributed by atoms with Gasteiger partial charge in [0, 0.05) is 26.1 Å². The number of likely N-dealkylation sites (tertiary alicyclic amines) is 1. The Kier molecular flexibility index (Phi) is 5.19. The van der Waals surface area contributed by atoms with E-state index in [1.807, 2.05) is 25.1 Å². The van der Waals surface area contributed by atoms with Crippen LogP contribution in [0, 0.1) is 0 Å². The Morgan fingerprint density at radius 3 is 2.88 bits per heavy atom. The summed E-state index contributed by atoms with van der Waals surface area (Å²) < 4.78 is 5.56. The zero-order valence-electron chi connectivity index (χ0n) is 14.3. The molecule has 0 bridgehead atoms. The fourth-order valence-corrected chi connectivity index (χ4v) is 3.59. The Hall–Kier alpha value is -1.88. The first-order valence-corrected chi connectivity index (χ1v) is 8.84. The number of carbonyl (C=O) groups is 2. The zero-order valence-corrected chi connectivity index (χ0v) is 14.3. The minimum atomic E-state index is -0.746. The van der Waals surface area contributed by atoms with Crippen LogP contribution < -0.4 is 5.32 Å². The normalized spacial score (nSPS) is 26.8. The largest absolute Gasteiger partial charge is 0.376 e. The average Bonchev–Trinajstić information content (AvgIpc) is 3.21. The van der Waals surface area contributed by atoms with Crippen molar-refractivity contribution in [1.82, 2.24) is 10.2 Å². The zero-order chi connectivity index (χ0) is 17.0. The smallest absolute Gasteiger partial charge is 0.245 e. The maximum Gasteiger partial charge on any atom is 0.245 e. The number of rotatable bonds is 6. The van der Waals surface area contributed by atoms with Crippen molar-refractivity contribution >= 4 is 11.8 Å². The molecule has 130 valence electrons. The van der Waals surface area contributed by atoms with Crippen molar-refractivity contribution < 1.29 is 14.3 Å². The fraction of sp³-hybridized carbons (Fsp3) is 0.579. The van der Waals surface area contributed by atoms with Gasteiger partial charge in [0.15, 0.2) is 0 Å². The van der Waals surface area contributed by atoms with Crippen LogP contribution in [0.4, 0.5) is 0 Å². The predicted octanol–water partition coefficient (Wildman–Crippen LogP) is 1.91. The van der Waals surface area contributed by atoms with E-state index < -0.39 is 5.54 Å². The summed E-state index contributed by atoms with van der Waals surface area (Å²) in [7, 11) is 0. The number of nitrogens with zero attached hydrogens (tertiary/aromatic N) is 1. The van der Waals surface area contributed by atoms with Gasteiger partial charge < -0.3 is 15.0 Å². The molecule has 2 heterocycles. The van der Waals surface area contributed by atoms with Gasteiger partial charge in [0.25, 0.3) is 0 Å². The Morgan fingerprint density at radius 1 is 1.38 bits per heavy atom. The minimum absolute atomic E-state index is 0.0584. The number of carbonyl (C=O) groups excluding carboxylic acids is 2. The van der Waals surface area contributed by atoms with E-state index in [2.05, 4.69) is 17.4 Å². The molecule has 1 aromatic rings. The van der Waals surface area contributed by atoms with Crippen LogP contribution in [0.5, 0.6) is 0 Å². The Balaban J connectivity index is 1.60. The van der Waals surface area contributed by atoms with Crippen molar-refractivity contribution in [1.29, 1.82) is 0 Å². The summed E-state index contributed by atoms with van der Waals surface area (Å²) in [6.45, 7) is 3.77. The van der Waals surface area contributed by atoms with Crippen molar-refractivity contribution in [3.63, 3.8) is 0 Å². The molecule has 0 aliphatic carbocycles. The van der Waals surface area contributed by atoms with E-state index >= 15 is 0 Å². The topological polar surface area (TPSA) is 58.6 Å². The molecular formula is C19H26N2O3. The van der Waals surface area contributed by atoms with Crippen LogP contribution in [-0.4, -0.2) is 48.1 Å². The standard InChI is InChI=1S/C19H26N2O3/c1-19(18(23)20-14-16-8-5-13-24-16)11-9-17(22)21(19)12-10-15-6-3-2-4-7-15/h2-4,6-7,16H,5,8-14H2,1H3,(H,20,23). The second-order valence-corrected chi connectivity index (χ2v) is 6.90. The van der Waals surface area contributed by atoms with Crippen LogP contribution in [0.1, 0.15) is 38.2 Å². The molecule has 1 N–H and O–H groups in total. The van der Waals surface area contributed by atoms with Crippen molar-refractivity contribution in [2.45, 2.75) is 50.7 Å². The Bertz CT molecular complexity index is 584. The van der Waals surface area contributed by atoms with Gasteiger partial charge in [-0.2, -0.15) is 0 Å². The van der Waals surface area contributed by atoms with Crippen molar-refractivity contribution in [3.8, 4) is 0 Å². The molecule has 0 spiro atoms. The second kappa shape index (κ2) is 7.34. The van der Waals surface area contributed by atoms with Crippen LogP contribution >= 0.6 is 0 Å². The molecule has 1 aromatic carbocycles. The number of nitrogens with one attached hydrogen (secondary N) is 1. The van der Waals surface area contributed by atoms with Gasteiger partial charge in [-0.25, -0.2) is 0 Å². The maximum atomic E-state index is 12.7. The van der Waals surface area contributed by atoms with Gasteiger partial charge >= 0.3 is 0 Å². The van der Waals surface area contributed by atoms with Crippen molar-refractivity contribution in [2.75, 3.05) is 19.7 Å². The monoisotopic (exact) mass is 330 g/mol. The van der Waals surface area contributed by atoms with Crippen LogP contribution in [0.2, 0.25) is 0 Å². The third kappa shape index (κ3) is 3.61. The van der Waals surface area contributed by atoms with Gasteiger partial charge in [0.2, 0.25) is 11.8 Å². The predicted molar refractivity (Wildman–Crippen MR) is 91.5 cm³/mol. The van der Waals surface area contributed by atoms with Crippen molar-refractivity contribution in [3.05, 3.63) is 35.9 Å². The van der Waals surface area contributed by atoms with Gasteiger partial charge in [-0.3, -0.25) is 9.59 Å². The van der Waals surface area contributed by atoms with Gasteiger partial charge in [0.1, 0.15) is 5.54 Å². The van der Waals surface area contributed by atoms with E-state index in [9.17, 15) is 9.59 Å². The molecule has 2 aliphatic heterocycles. The highest BCUT2D eigenvalue weighted by Crippen LogP contribution is 2.30. The molecule has 5 nitrogen and oxygen atoms in total. The molecule has 3 rings (SSSR count). The number of hydrogen-bond acceptors (Lipinski definition) is 3. The summed E-state index contributed by atoms with van der Waals surface area (Å²) in [5.74, 6) is 0.0117. The number of hydrogen-bond donors (Lipinski definition) is 1. The van der Waals surface area contributed by atoms with E-state index in [0.717, 1.165) is 25.9 Å². The first-order valence-electron chi connectivity index (χ1n) is 8.84. The Labute approximate surface area is 143 Å². The quantitative estimate of drug-likeness (QED) is 0.867. The van der Waals surface area contributed by atoms with Crippen LogP contribution in [0.3, 0.4) is 0 Å². The van der Waals surface area contributed by atoms with Gasteiger partial charge in [0.05, 0.1) is 6.10 Å². The second-order valence-electron chi connectivity index (χ2n) is 6.90. The third-order valence-corrected chi connectivity index (χ3v) is 5.19. The lowest BCUT2D eigenvalue weighted by atomic mass is 9.97. The maximum absolute atomic E-state index is 12.7. The molecule has 24 heavy (non-hydrogen) atoms. The molecule has 2 fully saturated rings. The SMILES string of the molecule is CC1(C(=O)NCC2CCCO2)CCC(=O)N1CCc1ccccc1. The fourth-order valence-electron chi connectivity index (χ4n) is 3.59. The number of benzene rings is 1.